The van der Waals surface area contributed by atoms with Gasteiger partial charge in [0.15, 0.2) is 11.6 Å². The number of rotatable bonds is 8. The Labute approximate surface area is 166 Å². The Hall–Kier alpha value is -2.56. The molecule has 0 aromatic heterocycles. The molecule has 4 heteroatoms. The van der Waals surface area contributed by atoms with Gasteiger partial charge in [0, 0.05) is 11.1 Å². The van der Waals surface area contributed by atoms with Crippen LogP contribution in [0.25, 0.3) is 0 Å². The number of hydrogen-bond acceptors (Lipinski definition) is 4. The first kappa shape index (κ1) is 21.7. The van der Waals surface area contributed by atoms with E-state index in [-0.39, 0.29) is 11.6 Å². The lowest BCUT2D eigenvalue weighted by molar-refractivity contribution is 0.0390. The standard InChI is InChI=1S/C24H28O4/c1-6-23(4,27)21(25)19-11-7-17(8-12-19)15-18-9-13-20(14-10-18)22(26)24(5,28)16(2)3/h7-14,27-28H,2,6,15H2,1,3-5H3. The molecule has 0 aliphatic carbocycles. The molecule has 0 radical (unpaired) electrons. The number of ketones is 2. The Morgan fingerprint density at radius 1 is 0.857 bits per heavy atom. The van der Waals surface area contributed by atoms with Crippen molar-refractivity contribution in [3.8, 4) is 0 Å². The number of carbonyl (C=O) groups excluding carboxylic acids is 2. The van der Waals surface area contributed by atoms with E-state index >= 15 is 0 Å². The van der Waals surface area contributed by atoms with Crippen molar-refractivity contribution < 1.29 is 19.8 Å². The minimum absolute atomic E-state index is 0.283. The molecule has 0 bridgehead atoms. The normalized spacial score (nSPS) is 15.4. The van der Waals surface area contributed by atoms with E-state index in [2.05, 4.69) is 6.58 Å². The van der Waals surface area contributed by atoms with Gasteiger partial charge >= 0.3 is 0 Å². The van der Waals surface area contributed by atoms with Gasteiger partial charge < -0.3 is 10.2 Å². The van der Waals surface area contributed by atoms with E-state index in [0.717, 1.165) is 11.1 Å². The minimum atomic E-state index is -1.58. The fourth-order valence-corrected chi connectivity index (χ4v) is 2.73. The van der Waals surface area contributed by atoms with Gasteiger partial charge in [-0.3, -0.25) is 9.59 Å². The van der Waals surface area contributed by atoms with E-state index < -0.39 is 11.2 Å². The van der Waals surface area contributed by atoms with Gasteiger partial charge in [0.05, 0.1) is 0 Å². The van der Waals surface area contributed by atoms with Crippen molar-refractivity contribution in [2.24, 2.45) is 0 Å². The predicted molar refractivity (Wildman–Crippen MR) is 111 cm³/mol. The van der Waals surface area contributed by atoms with Crippen molar-refractivity contribution in [3.63, 3.8) is 0 Å². The summed E-state index contributed by atoms with van der Waals surface area (Å²) in [4.78, 5) is 24.7. The van der Waals surface area contributed by atoms with Gasteiger partial charge in [0.1, 0.15) is 11.2 Å². The van der Waals surface area contributed by atoms with E-state index in [4.69, 9.17) is 0 Å². The monoisotopic (exact) mass is 380 g/mol. The molecule has 2 aromatic rings. The fourth-order valence-electron chi connectivity index (χ4n) is 2.73. The molecule has 0 saturated heterocycles. The average molecular weight is 380 g/mol. The maximum absolute atomic E-state index is 12.4. The molecule has 2 rings (SSSR count). The first-order valence-electron chi connectivity index (χ1n) is 9.37. The maximum atomic E-state index is 12.4. The van der Waals surface area contributed by atoms with Crippen LogP contribution in [0.15, 0.2) is 60.7 Å². The summed E-state index contributed by atoms with van der Waals surface area (Å²) in [7, 11) is 0. The molecule has 2 atom stereocenters. The van der Waals surface area contributed by atoms with Crippen LogP contribution in [-0.2, 0) is 6.42 Å². The van der Waals surface area contributed by atoms with Crippen LogP contribution in [0, 0.1) is 0 Å². The van der Waals surface area contributed by atoms with Gasteiger partial charge in [-0.15, -0.1) is 0 Å². The van der Waals surface area contributed by atoms with E-state index in [1.165, 1.54) is 13.8 Å². The summed E-state index contributed by atoms with van der Waals surface area (Å²) in [5.41, 5.74) is 0.404. The molecule has 0 aliphatic heterocycles. The van der Waals surface area contributed by atoms with Crippen LogP contribution in [0.1, 0.15) is 66.0 Å². The molecule has 0 spiro atoms. The summed E-state index contributed by atoms with van der Waals surface area (Å²) in [5, 5.41) is 20.4. The van der Waals surface area contributed by atoms with Gasteiger partial charge in [0.2, 0.25) is 0 Å². The van der Waals surface area contributed by atoms with Crippen LogP contribution < -0.4 is 0 Å². The number of hydrogen-bond donors (Lipinski definition) is 2. The maximum Gasteiger partial charge on any atom is 0.198 e. The number of Topliss-reactive ketones (excluding diaryl/α,β-unsaturated/α-hetero) is 2. The minimum Gasteiger partial charge on any atom is -0.382 e. The lowest BCUT2D eigenvalue weighted by Gasteiger charge is -2.22. The Morgan fingerprint density at radius 2 is 1.25 bits per heavy atom. The van der Waals surface area contributed by atoms with Gasteiger partial charge in [-0.25, -0.2) is 0 Å². The molecule has 2 aromatic carbocycles. The van der Waals surface area contributed by atoms with Crippen molar-refractivity contribution in [2.45, 2.75) is 51.7 Å². The van der Waals surface area contributed by atoms with E-state index in [9.17, 15) is 19.8 Å². The van der Waals surface area contributed by atoms with Crippen LogP contribution in [0.5, 0.6) is 0 Å². The molecule has 0 saturated carbocycles. The van der Waals surface area contributed by atoms with Gasteiger partial charge in [-0.2, -0.15) is 0 Å². The Kier molecular flexibility index (Phi) is 6.37. The lowest BCUT2D eigenvalue weighted by Crippen LogP contribution is -2.36. The smallest absolute Gasteiger partial charge is 0.198 e. The van der Waals surface area contributed by atoms with Gasteiger partial charge in [-0.1, -0.05) is 62.0 Å². The van der Waals surface area contributed by atoms with Crippen LogP contribution in [0.2, 0.25) is 0 Å². The van der Waals surface area contributed by atoms with Crippen LogP contribution in [-0.4, -0.2) is 33.0 Å². The number of aliphatic hydroxyl groups is 2. The summed E-state index contributed by atoms with van der Waals surface area (Å²) in [5.74, 6) is -0.661. The largest absolute Gasteiger partial charge is 0.382 e. The summed E-state index contributed by atoms with van der Waals surface area (Å²) in [6, 6.07) is 14.3. The zero-order valence-electron chi connectivity index (χ0n) is 17.0. The molecule has 0 aliphatic rings. The van der Waals surface area contributed by atoms with Gasteiger partial charge in [0.25, 0.3) is 0 Å². The van der Waals surface area contributed by atoms with E-state index in [1.807, 2.05) is 24.3 Å². The van der Waals surface area contributed by atoms with Crippen molar-refractivity contribution in [3.05, 3.63) is 82.9 Å². The molecule has 28 heavy (non-hydrogen) atoms. The quantitative estimate of drug-likeness (QED) is 0.533. The van der Waals surface area contributed by atoms with Crippen molar-refractivity contribution in [1.82, 2.24) is 0 Å². The summed E-state index contributed by atoms with van der Waals surface area (Å²) >= 11 is 0. The third kappa shape index (κ3) is 4.64. The summed E-state index contributed by atoms with van der Waals surface area (Å²) in [6.07, 6.45) is 1.00. The summed E-state index contributed by atoms with van der Waals surface area (Å²) < 4.78 is 0. The molecule has 0 amide bonds. The highest BCUT2D eigenvalue weighted by molar-refractivity contribution is 6.04. The molecular weight excluding hydrogens is 352 g/mol. The van der Waals surface area contributed by atoms with Crippen LogP contribution >= 0.6 is 0 Å². The van der Waals surface area contributed by atoms with Crippen molar-refractivity contribution >= 4 is 11.6 Å². The van der Waals surface area contributed by atoms with Crippen molar-refractivity contribution in [2.75, 3.05) is 0 Å². The fraction of sp³-hybridized carbons (Fsp3) is 0.333. The second kappa shape index (κ2) is 8.21. The second-order valence-corrected chi connectivity index (χ2v) is 7.71. The van der Waals surface area contributed by atoms with E-state index in [1.54, 1.807) is 38.1 Å². The number of carbonyl (C=O) groups is 2. The topological polar surface area (TPSA) is 74.6 Å². The first-order valence-corrected chi connectivity index (χ1v) is 9.37. The highest BCUT2D eigenvalue weighted by Gasteiger charge is 2.32. The van der Waals surface area contributed by atoms with Crippen LogP contribution in [0.4, 0.5) is 0 Å². The zero-order chi connectivity index (χ0) is 21.1. The molecular formula is C24H28O4. The Morgan fingerprint density at radius 3 is 1.61 bits per heavy atom. The molecule has 0 heterocycles. The molecule has 2 N–H and O–H groups in total. The zero-order valence-corrected chi connectivity index (χ0v) is 17.0. The summed E-state index contributed by atoms with van der Waals surface area (Å²) in [6.45, 7) is 10.0. The lowest BCUT2D eigenvalue weighted by atomic mass is 9.88. The molecule has 148 valence electrons. The number of benzene rings is 2. The average Bonchev–Trinajstić information content (AvgIpc) is 2.67. The molecule has 4 nitrogen and oxygen atoms in total. The first-order chi connectivity index (χ1) is 13.0. The molecule has 2 unspecified atom stereocenters. The van der Waals surface area contributed by atoms with E-state index in [0.29, 0.717) is 29.5 Å². The Balaban J connectivity index is 2.12. The molecule has 0 fully saturated rings. The second-order valence-electron chi connectivity index (χ2n) is 7.71. The highest BCUT2D eigenvalue weighted by atomic mass is 16.3. The van der Waals surface area contributed by atoms with Crippen molar-refractivity contribution in [1.29, 1.82) is 0 Å². The highest BCUT2D eigenvalue weighted by Crippen LogP contribution is 2.22. The third-order valence-electron chi connectivity index (χ3n) is 5.29. The SMILES string of the molecule is C=C(C)C(C)(O)C(=O)c1ccc(Cc2ccc(C(=O)C(C)(O)CC)cc2)cc1. The Bertz CT molecular complexity index is 872. The third-order valence-corrected chi connectivity index (χ3v) is 5.29. The van der Waals surface area contributed by atoms with Gasteiger partial charge in [-0.05, 0) is 50.3 Å². The predicted octanol–water partition coefficient (Wildman–Crippen LogP) is 4.13. The van der Waals surface area contributed by atoms with Crippen LogP contribution in [0.3, 0.4) is 0 Å².